The molecule has 0 radical (unpaired) electrons. The predicted molar refractivity (Wildman–Crippen MR) is 52.3 cm³/mol. The molecule has 0 N–H and O–H groups in total. The van der Waals surface area contributed by atoms with Crippen molar-refractivity contribution in [3.05, 3.63) is 21.9 Å². The monoisotopic (exact) mass is 179 g/mol. The van der Waals surface area contributed by atoms with Crippen LogP contribution in [0.15, 0.2) is 11.4 Å². The minimum absolute atomic E-state index is 0.567. The lowest BCUT2D eigenvalue weighted by Crippen LogP contribution is -1.98. The molecule has 1 heterocycles. The van der Waals surface area contributed by atoms with Crippen molar-refractivity contribution in [3.63, 3.8) is 0 Å². The van der Waals surface area contributed by atoms with Crippen molar-refractivity contribution in [2.24, 2.45) is 5.92 Å². The van der Waals surface area contributed by atoms with E-state index in [1.807, 2.05) is 11.4 Å². The largest absolute Gasteiger partial charge is 0.192 e. The van der Waals surface area contributed by atoms with Crippen LogP contribution in [0.25, 0.3) is 0 Å². The summed E-state index contributed by atoms with van der Waals surface area (Å²) in [5, 5.41) is 10.6. The Bertz CT molecular complexity index is 293. The highest BCUT2D eigenvalue weighted by Gasteiger charge is 2.11. The third kappa shape index (κ3) is 1.86. The Morgan fingerprint density at radius 1 is 1.42 bits per heavy atom. The van der Waals surface area contributed by atoms with Crippen molar-refractivity contribution in [2.75, 3.05) is 0 Å². The Morgan fingerprint density at radius 2 is 2.08 bits per heavy atom. The van der Waals surface area contributed by atoms with Crippen LogP contribution in [-0.4, -0.2) is 0 Å². The molecule has 1 aromatic heterocycles. The van der Waals surface area contributed by atoms with Gasteiger partial charge in [0.2, 0.25) is 0 Å². The second-order valence-corrected chi connectivity index (χ2v) is 4.33. The first kappa shape index (κ1) is 9.28. The fourth-order valence-corrected chi connectivity index (χ4v) is 2.04. The van der Waals surface area contributed by atoms with E-state index < -0.39 is 0 Å². The molecule has 1 unspecified atom stereocenters. The first-order valence-electron chi connectivity index (χ1n) is 4.13. The summed E-state index contributed by atoms with van der Waals surface area (Å²) in [5.74, 6) is 1.22. The topological polar surface area (TPSA) is 23.8 Å². The molecule has 0 aromatic carbocycles. The smallest absolute Gasteiger partial charge is 0.100 e. The van der Waals surface area contributed by atoms with E-state index in [1.165, 1.54) is 4.88 Å². The van der Waals surface area contributed by atoms with Gasteiger partial charge in [0.1, 0.15) is 6.07 Å². The third-order valence-corrected chi connectivity index (χ3v) is 3.33. The second-order valence-electron chi connectivity index (χ2n) is 3.38. The van der Waals surface area contributed by atoms with Gasteiger partial charge < -0.3 is 0 Å². The standard InChI is InChI=1S/C10H13NS/c1-7(2)8(3)10-4-9(5-11)6-12-10/h4,6-8H,1-3H3. The maximum absolute atomic E-state index is 8.63. The van der Waals surface area contributed by atoms with Crippen LogP contribution < -0.4 is 0 Å². The van der Waals surface area contributed by atoms with Crippen LogP contribution in [0.2, 0.25) is 0 Å². The predicted octanol–water partition coefficient (Wildman–Crippen LogP) is 3.38. The number of hydrogen-bond acceptors (Lipinski definition) is 2. The molecule has 1 atom stereocenters. The highest BCUT2D eigenvalue weighted by Crippen LogP contribution is 2.28. The summed E-state index contributed by atoms with van der Waals surface area (Å²) in [6.07, 6.45) is 0. The lowest BCUT2D eigenvalue weighted by Gasteiger charge is -2.12. The molecule has 0 spiro atoms. The van der Waals surface area contributed by atoms with Gasteiger partial charge in [-0.1, -0.05) is 20.8 Å². The molecule has 64 valence electrons. The summed E-state index contributed by atoms with van der Waals surface area (Å²) in [7, 11) is 0. The quantitative estimate of drug-likeness (QED) is 0.682. The number of rotatable bonds is 2. The van der Waals surface area contributed by atoms with Crippen LogP contribution in [0.4, 0.5) is 0 Å². The lowest BCUT2D eigenvalue weighted by atomic mass is 9.96. The molecule has 0 saturated carbocycles. The van der Waals surface area contributed by atoms with Gasteiger partial charge in [0.15, 0.2) is 0 Å². The van der Waals surface area contributed by atoms with Gasteiger partial charge in [0.25, 0.3) is 0 Å². The van der Waals surface area contributed by atoms with E-state index in [4.69, 9.17) is 5.26 Å². The van der Waals surface area contributed by atoms with Crippen molar-refractivity contribution in [3.8, 4) is 6.07 Å². The molecule has 0 saturated heterocycles. The molecule has 12 heavy (non-hydrogen) atoms. The SMILES string of the molecule is CC(C)C(C)c1cc(C#N)cs1. The average molecular weight is 179 g/mol. The first-order chi connectivity index (χ1) is 5.65. The molecule has 0 aliphatic carbocycles. The van der Waals surface area contributed by atoms with Crippen molar-refractivity contribution in [1.29, 1.82) is 5.26 Å². The van der Waals surface area contributed by atoms with E-state index in [1.54, 1.807) is 11.3 Å². The zero-order valence-electron chi connectivity index (χ0n) is 7.66. The van der Waals surface area contributed by atoms with Crippen LogP contribution in [-0.2, 0) is 0 Å². The van der Waals surface area contributed by atoms with E-state index in [0.717, 1.165) is 5.56 Å². The van der Waals surface area contributed by atoms with Crippen LogP contribution >= 0.6 is 11.3 Å². The van der Waals surface area contributed by atoms with Crippen molar-refractivity contribution in [2.45, 2.75) is 26.7 Å². The summed E-state index contributed by atoms with van der Waals surface area (Å²) in [6.45, 7) is 6.62. The highest BCUT2D eigenvalue weighted by atomic mass is 32.1. The van der Waals surface area contributed by atoms with Crippen molar-refractivity contribution >= 4 is 11.3 Å². The van der Waals surface area contributed by atoms with Crippen molar-refractivity contribution < 1.29 is 0 Å². The van der Waals surface area contributed by atoms with E-state index in [-0.39, 0.29) is 0 Å². The Balaban J connectivity index is 2.83. The summed E-state index contributed by atoms with van der Waals surface area (Å²) < 4.78 is 0. The third-order valence-electron chi connectivity index (χ3n) is 2.20. The maximum atomic E-state index is 8.63. The molecule has 1 rings (SSSR count). The first-order valence-corrected chi connectivity index (χ1v) is 5.01. The minimum Gasteiger partial charge on any atom is -0.192 e. The van der Waals surface area contributed by atoms with Crippen LogP contribution in [0, 0.1) is 17.2 Å². The van der Waals surface area contributed by atoms with Gasteiger partial charge in [-0.3, -0.25) is 0 Å². The van der Waals surface area contributed by atoms with Gasteiger partial charge in [-0.25, -0.2) is 0 Å². The zero-order valence-corrected chi connectivity index (χ0v) is 8.48. The van der Waals surface area contributed by atoms with Crippen LogP contribution in [0.1, 0.15) is 37.1 Å². The van der Waals surface area contributed by atoms with Gasteiger partial charge in [0, 0.05) is 10.3 Å². The fraction of sp³-hybridized carbons (Fsp3) is 0.500. The Morgan fingerprint density at radius 3 is 2.50 bits per heavy atom. The maximum Gasteiger partial charge on any atom is 0.100 e. The molecule has 2 heteroatoms. The zero-order chi connectivity index (χ0) is 9.14. The minimum atomic E-state index is 0.567. The lowest BCUT2D eigenvalue weighted by molar-refractivity contribution is 0.542. The number of hydrogen-bond donors (Lipinski definition) is 0. The Kier molecular flexibility index (Phi) is 2.88. The number of nitrogens with zero attached hydrogens (tertiary/aromatic N) is 1. The van der Waals surface area contributed by atoms with Gasteiger partial charge >= 0.3 is 0 Å². The summed E-state index contributed by atoms with van der Waals surface area (Å²) in [6, 6.07) is 4.15. The molecule has 1 nitrogen and oxygen atoms in total. The highest BCUT2D eigenvalue weighted by molar-refractivity contribution is 7.10. The van der Waals surface area contributed by atoms with E-state index >= 15 is 0 Å². The summed E-state index contributed by atoms with van der Waals surface area (Å²) >= 11 is 1.69. The van der Waals surface area contributed by atoms with Crippen LogP contribution in [0.5, 0.6) is 0 Å². The van der Waals surface area contributed by atoms with Gasteiger partial charge in [-0.2, -0.15) is 5.26 Å². The average Bonchev–Trinajstić information content (AvgIpc) is 2.50. The van der Waals surface area contributed by atoms with E-state index in [0.29, 0.717) is 11.8 Å². The molecule has 0 bridgehead atoms. The van der Waals surface area contributed by atoms with Crippen LogP contribution in [0.3, 0.4) is 0 Å². The van der Waals surface area contributed by atoms with Gasteiger partial charge in [-0.15, -0.1) is 11.3 Å². The molecule has 0 aliphatic heterocycles. The van der Waals surface area contributed by atoms with Gasteiger partial charge in [-0.05, 0) is 17.9 Å². The Labute approximate surface area is 77.7 Å². The van der Waals surface area contributed by atoms with E-state index in [2.05, 4.69) is 26.8 Å². The second kappa shape index (κ2) is 3.73. The molecule has 0 amide bonds. The normalized spacial score (nSPS) is 12.9. The van der Waals surface area contributed by atoms with Gasteiger partial charge in [0.05, 0.1) is 5.56 Å². The molecular formula is C10H13NS. The Hall–Kier alpha value is -0.810. The summed E-state index contributed by atoms with van der Waals surface area (Å²) in [4.78, 5) is 1.32. The molecular weight excluding hydrogens is 166 g/mol. The number of nitriles is 1. The molecule has 1 aromatic rings. The fourth-order valence-electron chi connectivity index (χ4n) is 0.979. The number of thiophene rings is 1. The van der Waals surface area contributed by atoms with Crippen molar-refractivity contribution in [1.82, 2.24) is 0 Å². The molecule has 0 fully saturated rings. The molecule has 0 aliphatic rings. The summed E-state index contributed by atoms with van der Waals surface area (Å²) in [5.41, 5.74) is 0.794. The van der Waals surface area contributed by atoms with E-state index in [9.17, 15) is 0 Å².